The van der Waals surface area contributed by atoms with Crippen molar-refractivity contribution in [3.8, 4) is 11.1 Å². The Morgan fingerprint density at radius 1 is 1.38 bits per heavy atom. The van der Waals surface area contributed by atoms with Crippen molar-refractivity contribution in [2.24, 2.45) is 0 Å². The smallest absolute Gasteiger partial charge is 0.319 e. The Kier molecular flexibility index (Phi) is 4.50. The molecule has 0 bridgehead atoms. The second-order valence-electron chi connectivity index (χ2n) is 5.56. The predicted octanol–water partition coefficient (Wildman–Crippen LogP) is 2.98. The average Bonchev–Trinajstić information content (AvgIpc) is 2.90. The maximum absolute atomic E-state index is 12.0. The third kappa shape index (κ3) is 2.84. The monoisotopic (exact) mass is 329 g/mol. The molecule has 1 aromatic heterocycles. The number of nitrogens with one attached hydrogen (secondary N) is 1. The summed E-state index contributed by atoms with van der Waals surface area (Å²) in [6.45, 7) is 3.35. The number of hydrogen-bond donors (Lipinski definition) is 1. The van der Waals surface area contributed by atoms with Crippen molar-refractivity contribution in [2.45, 2.75) is 26.3 Å². The Labute approximate surface area is 139 Å². The summed E-state index contributed by atoms with van der Waals surface area (Å²) in [5, 5.41) is 14.8. The van der Waals surface area contributed by atoms with Crippen LogP contribution < -0.4 is 5.32 Å². The lowest BCUT2D eigenvalue weighted by molar-refractivity contribution is -0.383. The van der Waals surface area contributed by atoms with Gasteiger partial charge in [0.1, 0.15) is 0 Å². The molecule has 0 spiro atoms. The van der Waals surface area contributed by atoms with E-state index in [1.807, 2.05) is 34.9 Å². The van der Waals surface area contributed by atoms with Crippen LogP contribution in [0, 0.1) is 10.1 Å². The summed E-state index contributed by atoms with van der Waals surface area (Å²) in [6, 6.07) is 9.16. The summed E-state index contributed by atoms with van der Waals surface area (Å²) in [5.41, 5.74) is 1.89. The van der Waals surface area contributed by atoms with Gasteiger partial charge in [-0.3, -0.25) is 14.9 Å². The van der Waals surface area contributed by atoms with Crippen molar-refractivity contribution in [1.82, 2.24) is 4.57 Å². The number of ether oxygens (including phenoxy) is 1. The summed E-state index contributed by atoms with van der Waals surface area (Å²) in [5.74, 6) is 0.0971. The molecule has 1 aliphatic rings. The topological polar surface area (TPSA) is 86.4 Å². The molecule has 0 saturated heterocycles. The van der Waals surface area contributed by atoms with Gasteiger partial charge in [-0.2, -0.15) is 0 Å². The molecule has 0 aliphatic carbocycles. The number of esters is 1. The van der Waals surface area contributed by atoms with Crippen molar-refractivity contribution >= 4 is 17.5 Å². The van der Waals surface area contributed by atoms with Gasteiger partial charge in [-0.1, -0.05) is 30.3 Å². The molecule has 2 aromatic rings. The van der Waals surface area contributed by atoms with Crippen LogP contribution in [0.25, 0.3) is 11.1 Å². The summed E-state index contributed by atoms with van der Waals surface area (Å²) in [6.07, 6.45) is 0.865. The number of benzene rings is 1. The molecule has 0 amide bonds. The molecule has 0 fully saturated rings. The third-order valence-corrected chi connectivity index (χ3v) is 4.06. The Bertz CT molecular complexity index is 768. The highest BCUT2D eigenvalue weighted by Crippen LogP contribution is 2.43. The first-order valence-corrected chi connectivity index (χ1v) is 7.98. The molecule has 24 heavy (non-hydrogen) atoms. The fourth-order valence-corrected chi connectivity index (χ4v) is 3.14. The van der Waals surface area contributed by atoms with E-state index in [-0.39, 0.29) is 29.6 Å². The molecule has 7 nitrogen and oxygen atoms in total. The highest BCUT2D eigenvalue weighted by atomic mass is 16.6. The van der Waals surface area contributed by atoms with Gasteiger partial charge in [0.2, 0.25) is 0 Å². The van der Waals surface area contributed by atoms with E-state index in [2.05, 4.69) is 5.32 Å². The minimum absolute atomic E-state index is 0.0145. The summed E-state index contributed by atoms with van der Waals surface area (Å²) in [4.78, 5) is 23.4. The summed E-state index contributed by atoms with van der Waals surface area (Å²) in [7, 11) is 0. The molecular weight excluding hydrogens is 310 g/mol. The first-order valence-electron chi connectivity index (χ1n) is 7.98. The van der Waals surface area contributed by atoms with Gasteiger partial charge in [0.15, 0.2) is 5.82 Å². The van der Waals surface area contributed by atoms with Crippen LogP contribution in [0.4, 0.5) is 11.5 Å². The quantitative estimate of drug-likeness (QED) is 0.518. The second-order valence-corrected chi connectivity index (χ2v) is 5.56. The van der Waals surface area contributed by atoms with Gasteiger partial charge in [0.05, 0.1) is 23.5 Å². The number of fused-ring (bicyclic) bond motifs is 1. The molecule has 0 saturated carbocycles. The molecule has 1 N–H and O–H groups in total. The lowest BCUT2D eigenvalue weighted by Crippen LogP contribution is -2.20. The van der Waals surface area contributed by atoms with E-state index in [0.29, 0.717) is 30.2 Å². The molecule has 126 valence electrons. The second kappa shape index (κ2) is 6.74. The van der Waals surface area contributed by atoms with Gasteiger partial charge >= 0.3 is 11.7 Å². The van der Waals surface area contributed by atoms with Crippen LogP contribution in [0.2, 0.25) is 0 Å². The normalized spacial score (nSPS) is 13.0. The highest BCUT2D eigenvalue weighted by molar-refractivity contribution is 5.88. The van der Waals surface area contributed by atoms with E-state index >= 15 is 0 Å². The van der Waals surface area contributed by atoms with Gasteiger partial charge in [0.25, 0.3) is 0 Å². The minimum Gasteiger partial charge on any atom is -0.466 e. The van der Waals surface area contributed by atoms with E-state index in [9.17, 15) is 14.9 Å². The average molecular weight is 329 g/mol. The third-order valence-electron chi connectivity index (χ3n) is 4.06. The Morgan fingerprint density at radius 3 is 2.79 bits per heavy atom. The molecule has 7 heteroatoms. The zero-order valence-electron chi connectivity index (χ0n) is 13.4. The maximum Gasteiger partial charge on any atom is 0.319 e. The molecule has 1 aromatic carbocycles. The van der Waals surface area contributed by atoms with E-state index in [4.69, 9.17) is 4.74 Å². The predicted molar refractivity (Wildman–Crippen MR) is 90.0 cm³/mol. The fraction of sp³-hybridized carbons (Fsp3) is 0.353. The van der Waals surface area contributed by atoms with E-state index in [0.717, 1.165) is 12.0 Å². The molecule has 0 atom stereocenters. The van der Waals surface area contributed by atoms with Gasteiger partial charge < -0.3 is 14.6 Å². The fourth-order valence-electron chi connectivity index (χ4n) is 3.14. The Hall–Kier alpha value is -2.83. The molecule has 0 unspecified atom stereocenters. The number of nitrogens with zero attached hydrogens (tertiary/aromatic N) is 2. The zero-order chi connectivity index (χ0) is 17.1. The lowest BCUT2D eigenvalue weighted by atomic mass is 10.0. The van der Waals surface area contributed by atoms with Crippen molar-refractivity contribution < 1.29 is 14.5 Å². The maximum atomic E-state index is 12.0. The Balaban J connectivity index is 2.21. The molecule has 3 rings (SSSR count). The van der Waals surface area contributed by atoms with E-state index in [1.165, 1.54) is 0 Å². The number of rotatable bonds is 5. The van der Waals surface area contributed by atoms with Gasteiger partial charge in [-0.25, -0.2) is 0 Å². The summed E-state index contributed by atoms with van der Waals surface area (Å²) >= 11 is 0. The zero-order valence-corrected chi connectivity index (χ0v) is 13.4. The number of anilines is 1. The molecule has 2 heterocycles. The minimum atomic E-state index is -0.379. The van der Waals surface area contributed by atoms with Crippen molar-refractivity contribution in [1.29, 1.82) is 0 Å². The number of carbonyl (C=O) groups excluding carboxylic acids is 1. The Morgan fingerprint density at radius 2 is 2.12 bits per heavy atom. The number of hydrogen-bond acceptors (Lipinski definition) is 5. The number of aromatic nitrogens is 1. The first-order chi connectivity index (χ1) is 11.6. The van der Waals surface area contributed by atoms with E-state index < -0.39 is 0 Å². The number of nitro groups is 1. The van der Waals surface area contributed by atoms with Crippen molar-refractivity contribution in [3.05, 3.63) is 46.1 Å². The van der Waals surface area contributed by atoms with Gasteiger partial charge in [0, 0.05) is 18.8 Å². The van der Waals surface area contributed by atoms with Crippen LogP contribution in [0.1, 0.15) is 19.0 Å². The van der Waals surface area contributed by atoms with Crippen molar-refractivity contribution in [2.75, 3.05) is 18.5 Å². The van der Waals surface area contributed by atoms with Crippen LogP contribution in [-0.2, 0) is 22.5 Å². The molecule has 0 radical (unpaired) electrons. The SMILES string of the molecule is CCOC(=O)Cc1c(-c2ccccc2)c([N+](=O)[O-])c2n1CCCN2. The van der Waals surface area contributed by atoms with Crippen LogP contribution in [0.15, 0.2) is 30.3 Å². The van der Waals surface area contributed by atoms with Gasteiger partial charge in [-0.05, 0) is 18.9 Å². The van der Waals surface area contributed by atoms with Crippen molar-refractivity contribution in [3.63, 3.8) is 0 Å². The summed E-state index contributed by atoms with van der Waals surface area (Å²) < 4.78 is 6.90. The van der Waals surface area contributed by atoms with Crippen LogP contribution in [0.3, 0.4) is 0 Å². The highest BCUT2D eigenvalue weighted by Gasteiger charge is 2.34. The lowest BCUT2D eigenvalue weighted by Gasteiger charge is -2.18. The molecular formula is C17H19N3O4. The van der Waals surface area contributed by atoms with Gasteiger partial charge in [-0.15, -0.1) is 0 Å². The molecule has 1 aliphatic heterocycles. The van der Waals surface area contributed by atoms with Crippen LogP contribution in [-0.4, -0.2) is 28.6 Å². The van der Waals surface area contributed by atoms with Crippen LogP contribution in [0.5, 0.6) is 0 Å². The standard InChI is InChI=1S/C17H19N3O4/c1-2-24-14(21)11-13-15(12-7-4-3-5-8-12)16(20(22)23)17-18-9-6-10-19(13)17/h3-5,7-8,18H,2,6,9-11H2,1H3. The largest absolute Gasteiger partial charge is 0.466 e. The first kappa shape index (κ1) is 16.0. The number of carbonyl (C=O) groups is 1. The van der Waals surface area contributed by atoms with E-state index in [1.54, 1.807) is 6.92 Å². The van der Waals surface area contributed by atoms with Crippen LogP contribution >= 0.6 is 0 Å².